The quantitative estimate of drug-likeness (QED) is 0.609. The Morgan fingerprint density at radius 1 is 1.14 bits per heavy atom. The second kappa shape index (κ2) is 4.24. The highest BCUT2D eigenvalue weighted by molar-refractivity contribution is 5.02. The van der Waals surface area contributed by atoms with Crippen LogP contribution in [-0.4, -0.2) is 0 Å². The Balaban J connectivity index is 2.57. The summed E-state index contributed by atoms with van der Waals surface area (Å²) in [5, 5.41) is 0. The first-order valence-electron chi connectivity index (χ1n) is 6.46. The fraction of sp³-hybridized carbons (Fsp3) is 1.00. The summed E-state index contributed by atoms with van der Waals surface area (Å²) in [4.78, 5) is 0. The highest BCUT2D eigenvalue weighted by Gasteiger charge is 2.54. The maximum atomic E-state index is 2.52. The molecule has 0 aromatic carbocycles. The molecule has 0 radical (unpaired) electrons. The molecule has 0 amide bonds. The van der Waals surface area contributed by atoms with Gasteiger partial charge in [0.15, 0.2) is 0 Å². The molecule has 0 bridgehead atoms. The first kappa shape index (κ1) is 12.1. The van der Waals surface area contributed by atoms with E-state index in [4.69, 9.17) is 0 Å². The van der Waals surface area contributed by atoms with Gasteiger partial charge in [0, 0.05) is 0 Å². The Morgan fingerprint density at radius 2 is 1.64 bits per heavy atom. The number of hydrogen-bond acceptors (Lipinski definition) is 0. The van der Waals surface area contributed by atoms with Crippen LogP contribution in [0.15, 0.2) is 0 Å². The Kier molecular flexibility index (Phi) is 3.66. The Labute approximate surface area is 90.5 Å². The average Bonchev–Trinajstić information content (AvgIpc) is 2.22. The molecule has 0 saturated heterocycles. The van der Waals surface area contributed by atoms with Crippen LogP contribution in [0, 0.1) is 29.1 Å². The van der Waals surface area contributed by atoms with Crippen LogP contribution >= 0.6 is 0 Å². The summed E-state index contributed by atoms with van der Waals surface area (Å²) in [5.41, 5.74) is 0.620. The average molecular weight is 196 g/mol. The Morgan fingerprint density at radius 3 is 2.07 bits per heavy atom. The van der Waals surface area contributed by atoms with Crippen LogP contribution in [-0.2, 0) is 0 Å². The van der Waals surface area contributed by atoms with Crippen LogP contribution in [0.5, 0.6) is 0 Å². The van der Waals surface area contributed by atoms with Crippen LogP contribution < -0.4 is 0 Å². The summed E-state index contributed by atoms with van der Waals surface area (Å²) in [5.74, 6) is 3.68. The van der Waals surface area contributed by atoms with Gasteiger partial charge in [-0.15, -0.1) is 0 Å². The van der Waals surface area contributed by atoms with Gasteiger partial charge in [-0.3, -0.25) is 0 Å². The van der Waals surface area contributed by atoms with Gasteiger partial charge in [0.25, 0.3) is 0 Å². The standard InChI is InChI=1S/C14H28/c1-7-8-9-10(2)14(6)12(4)11(3)13(14)5/h10-13H,7-9H2,1-6H3. The van der Waals surface area contributed by atoms with Crippen molar-refractivity contribution in [1.29, 1.82) is 0 Å². The zero-order valence-corrected chi connectivity index (χ0v) is 10.9. The largest absolute Gasteiger partial charge is 0.0654 e. The van der Waals surface area contributed by atoms with E-state index in [2.05, 4.69) is 41.5 Å². The first-order chi connectivity index (χ1) is 6.46. The summed E-state index contributed by atoms with van der Waals surface area (Å²) in [6, 6.07) is 0. The zero-order chi connectivity index (χ0) is 10.9. The predicted molar refractivity (Wildman–Crippen MR) is 64.3 cm³/mol. The third kappa shape index (κ3) is 1.61. The van der Waals surface area contributed by atoms with Crippen molar-refractivity contribution in [3.63, 3.8) is 0 Å². The molecule has 0 heteroatoms. The molecule has 3 atom stereocenters. The van der Waals surface area contributed by atoms with Gasteiger partial charge in [-0.1, -0.05) is 60.8 Å². The molecule has 1 fully saturated rings. The molecule has 0 aliphatic heterocycles. The molecule has 1 rings (SSSR count). The van der Waals surface area contributed by atoms with Gasteiger partial charge in [0.1, 0.15) is 0 Å². The van der Waals surface area contributed by atoms with Crippen molar-refractivity contribution >= 4 is 0 Å². The van der Waals surface area contributed by atoms with Crippen LogP contribution in [0.1, 0.15) is 60.8 Å². The molecule has 0 spiro atoms. The van der Waals surface area contributed by atoms with Crippen LogP contribution in [0.4, 0.5) is 0 Å². The molecule has 3 unspecified atom stereocenters. The van der Waals surface area contributed by atoms with E-state index in [0.29, 0.717) is 5.41 Å². The normalized spacial score (nSPS) is 44.6. The summed E-state index contributed by atoms with van der Waals surface area (Å²) in [6.45, 7) is 14.6. The van der Waals surface area contributed by atoms with E-state index in [1.54, 1.807) is 0 Å². The van der Waals surface area contributed by atoms with Crippen LogP contribution in [0.25, 0.3) is 0 Å². The first-order valence-corrected chi connectivity index (χ1v) is 6.46. The lowest BCUT2D eigenvalue weighted by Crippen LogP contribution is -2.54. The molecule has 0 heterocycles. The summed E-state index contributed by atoms with van der Waals surface area (Å²) in [7, 11) is 0. The van der Waals surface area contributed by atoms with Gasteiger partial charge >= 0.3 is 0 Å². The summed E-state index contributed by atoms with van der Waals surface area (Å²) >= 11 is 0. The number of rotatable bonds is 4. The van der Waals surface area contributed by atoms with E-state index in [-0.39, 0.29) is 0 Å². The molecular weight excluding hydrogens is 168 g/mol. The lowest BCUT2D eigenvalue weighted by Gasteiger charge is -2.60. The number of hydrogen-bond donors (Lipinski definition) is 0. The van der Waals surface area contributed by atoms with Crippen molar-refractivity contribution in [1.82, 2.24) is 0 Å². The third-order valence-electron chi connectivity index (χ3n) is 5.59. The van der Waals surface area contributed by atoms with Gasteiger partial charge in [-0.25, -0.2) is 0 Å². The van der Waals surface area contributed by atoms with E-state index in [9.17, 15) is 0 Å². The highest BCUT2D eigenvalue weighted by atomic mass is 14.6. The molecule has 0 N–H and O–H groups in total. The van der Waals surface area contributed by atoms with Gasteiger partial charge in [-0.2, -0.15) is 0 Å². The lowest BCUT2D eigenvalue weighted by molar-refractivity contribution is -0.122. The van der Waals surface area contributed by atoms with E-state index in [1.807, 2.05) is 0 Å². The second-order valence-corrected chi connectivity index (χ2v) is 5.85. The molecular formula is C14H28. The molecule has 0 aromatic heterocycles. The molecule has 1 saturated carbocycles. The minimum Gasteiger partial charge on any atom is -0.0654 e. The van der Waals surface area contributed by atoms with Crippen LogP contribution in [0.3, 0.4) is 0 Å². The maximum absolute atomic E-state index is 2.52. The van der Waals surface area contributed by atoms with Gasteiger partial charge in [0.2, 0.25) is 0 Å². The van der Waals surface area contributed by atoms with Crippen molar-refractivity contribution < 1.29 is 0 Å². The molecule has 1 aliphatic rings. The van der Waals surface area contributed by atoms with Gasteiger partial charge in [0.05, 0.1) is 0 Å². The molecule has 0 nitrogen and oxygen atoms in total. The zero-order valence-electron chi connectivity index (χ0n) is 10.9. The maximum Gasteiger partial charge on any atom is -0.0244 e. The van der Waals surface area contributed by atoms with Gasteiger partial charge in [-0.05, 0) is 29.1 Å². The fourth-order valence-corrected chi connectivity index (χ4v) is 3.58. The van der Waals surface area contributed by atoms with Crippen molar-refractivity contribution in [2.75, 3.05) is 0 Å². The van der Waals surface area contributed by atoms with Crippen molar-refractivity contribution in [3.8, 4) is 0 Å². The molecule has 84 valence electrons. The minimum absolute atomic E-state index is 0.620. The van der Waals surface area contributed by atoms with Crippen LogP contribution in [0.2, 0.25) is 0 Å². The highest BCUT2D eigenvalue weighted by Crippen LogP contribution is 2.60. The van der Waals surface area contributed by atoms with Crippen molar-refractivity contribution in [3.05, 3.63) is 0 Å². The second-order valence-electron chi connectivity index (χ2n) is 5.85. The smallest absolute Gasteiger partial charge is 0.0244 e. The Hall–Kier alpha value is 0. The van der Waals surface area contributed by atoms with Gasteiger partial charge < -0.3 is 0 Å². The molecule has 14 heavy (non-hydrogen) atoms. The van der Waals surface area contributed by atoms with Crippen molar-refractivity contribution in [2.24, 2.45) is 29.1 Å². The van der Waals surface area contributed by atoms with E-state index in [1.165, 1.54) is 19.3 Å². The molecule has 0 aromatic rings. The lowest BCUT2D eigenvalue weighted by atomic mass is 9.45. The monoisotopic (exact) mass is 196 g/mol. The summed E-state index contributed by atoms with van der Waals surface area (Å²) in [6.07, 6.45) is 4.18. The van der Waals surface area contributed by atoms with E-state index >= 15 is 0 Å². The van der Waals surface area contributed by atoms with Crippen molar-refractivity contribution in [2.45, 2.75) is 60.8 Å². The Bertz CT molecular complexity index is 172. The van der Waals surface area contributed by atoms with E-state index in [0.717, 1.165) is 23.7 Å². The SMILES string of the molecule is CCCCC(C)C1(C)C(C)C(C)C1C. The van der Waals surface area contributed by atoms with E-state index < -0.39 is 0 Å². The molecule has 1 aliphatic carbocycles. The minimum atomic E-state index is 0.620. The fourth-order valence-electron chi connectivity index (χ4n) is 3.58. The third-order valence-corrected chi connectivity index (χ3v) is 5.59. The summed E-state index contributed by atoms with van der Waals surface area (Å²) < 4.78 is 0. The topological polar surface area (TPSA) is 0 Å². The number of unbranched alkanes of at least 4 members (excludes halogenated alkanes) is 1. The predicted octanol–water partition coefficient (Wildman–Crippen LogP) is 4.74.